The quantitative estimate of drug-likeness (QED) is 0.377. The van der Waals surface area contributed by atoms with Crippen LogP contribution >= 0.6 is 7.81 Å². The third-order valence-electron chi connectivity index (χ3n) is 1.55. The molecule has 0 saturated carbocycles. The molecule has 0 saturated heterocycles. The SMILES string of the molecule is C.CCCC[n+]1ccccc1.F[P-](F)(F)(F)(F)F. The molecular formula is C10H18F6NP. The van der Waals surface area contributed by atoms with E-state index in [4.69, 9.17) is 0 Å². The average molecular weight is 297 g/mol. The Balaban J connectivity index is 0. The summed E-state index contributed by atoms with van der Waals surface area (Å²) in [6.45, 7) is 3.36. The average Bonchev–Trinajstić information content (AvgIpc) is 2.11. The summed E-state index contributed by atoms with van der Waals surface area (Å²) in [7, 11) is -10.7. The van der Waals surface area contributed by atoms with Crippen molar-refractivity contribution in [3.8, 4) is 0 Å². The third kappa shape index (κ3) is 24.4. The standard InChI is InChI=1S/C9H14N.CH4.F6P/c1-2-3-7-10-8-5-4-6-9-10;;1-7(2,3,4,5)6/h4-6,8-9H,2-3,7H2,1H3;1H4;/q+1;;-1. The molecule has 1 aromatic heterocycles. The molecule has 8 heteroatoms. The number of pyridine rings is 1. The first-order chi connectivity index (χ1) is 7.38. The summed E-state index contributed by atoms with van der Waals surface area (Å²) < 4.78 is 61.4. The maximum absolute atomic E-state index is 10.7. The van der Waals surface area contributed by atoms with Crippen molar-refractivity contribution >= 4 is 7.81 Å². The van der Waals surface area contributed by atoms with Crippen LogP contribution in [0.15, 0.2) is 30.6 Å². The molecule has 0 spiro atoms. The molecule has 1 nitrogen and oxygen atoms in total. The molecule has 0 aliphatic rings. The van der Waals surface area contributed by atoms with E-state index in [0.29, 0.717) is 0 Å². The Bertz CT molecular complexity index is 321. The summed E-state index contributed by atoms with van der Waals surface area (Å²) in [5.41, 5.74) is 0. The predicted octanol–water partition coefficient (Wildman–Crippen LogP) is 5.79. The van der Waals surface area contributed by atoms with Gasteiger partial charge >= 0.3 is 33.0 Å². The summed E-state index contributed by atoms with van der Waals surface area (Å²) in [4.78, 5) is 0. The number of hydrogen-bond acceptors (Lipinski definition) is 0. The summed E-state index contributed by atoms with van der Waals surface area (Å²) >= 11 is 0. The fraction of sp³-hybridized carbons (Fsp3) is 0.500. The van der Waals surface area contributed by atoms with Crippen LogP contribution < -0.4 is 4.57 Å². The van der Waals surface area contributed by atoms with E-state index < -0.39 is 7.81 Å². The van der Waals surface area contributed by atoms with Crippen LogP contribution in [0, 0.1) is 0 Å². The van der Waals surface area contributed by atoms with E-state index in [1.807, 2.05) is 6.07 Å². The van der Waals surface area contributed by atoms with Crippen molar-refractivity contribution in [2.45, 2.75) is 33.7 Å². The van der Waals surface area contributed by atoms with Crippen LogP contribution in [-0.4, -0.2) is 0 Å². The topological polar surface area (TPSA) is 3.88 Å². The van der Waals surface area contributed by atoms with Gasteiger partial charge in [0.15, 0.2) is 12.4 Å². The van der Waals surface area contributed by atoms with E-state index in [2.05, 4.69) is 36.0 Å². The van der Waals surface area contributed by atoms with Crippen molar-refractivity contribution in [3.05, 3.63) is 30.6 Å². The molecule has 0 amide bonds. The van der Waals surface area contributed by atoms with E-state index in [1.54, 1.807) is 0 Å². The van der Waals surface area contributed by atoms with Crippen LogP contribution in [0.1, 0.15) is 27.2 Å². The van der Waals surface area contributed by atoms with Gasteiger partial charge in [-0.1, -0.05) is 26.8 Å². The first-order valence-corrected chi connectivity index (χ1v) is 6.92. The summed E-state index contributed by atoms with van der Waals surface area (Å²) in [5, 5.41) is 0. The Hall–Kier alpha value is -0.840. The predicted molar refractivity (Wildman–Crippen MR) is 61.8 cm³/mol. The van der Waals surface area contributed by atoms with Crippen molar-refractivity contribution in [1.82, 2.24) is 0 Å². The second-order valence-electron chi connectivity index (χ2n) is 3.43. The van der Waals surface area contributed by atoms with Gasteiger partial charge in [0.25, 0.3) is 0 Å². The van der Waals surface area contributed by atoms with Crippen molar-refractivity contribution in [2.24, 2.45) is 0 Å². The Morgan fingerprint density at radius 3 is 1.61 bits per heavy atom. The van der Waals surface area contributed by atoms with Crippen LogP contribution in [0.3, 0.4) is 0 Å². The third-order valence-corrected chi connectivity index (χ3v) is 1.55. The molecule has 1 aromatic rings. The number of hydrogen-bond donors (Lipinski definition) is 0. The Labute approximate surface area is 103 Å². The van der Waals surface area contributed by atoms with Crippen LogP contribution in [0.5, 0.6) is 0 Å². The summed E-state index contributed by atoms with van der Waals surface area (Å²) in [6, 6.07) is 6.17. The number of unbranched alkanes of at least 4 members (excludes halogenated alkanes) is 1. The van der Waals surface area contributed by atoms with Gasteiger partial charge in [-0.05, 0) is 0 Å². The number of aromatic nitrogens is 1. The minimum absolute atomic E-state index is 0. The van der Waals surface area contributed by atoms with Crippen molar-refractivity contribution in [3.63, 3.8) is 0 Å². The summed E-state index contributed by atoms with van der Waals surface area (Å²) in [5.74, 6) is 0. The van der Waals surface area contributed by atoms with Gasteiger partial charge in [-0.25, -0.2) is 4.57 Å². The molecule has 0 radical (unpaired) electrons. The molecule has 1 rings (SSSR count). The van der Waals surface area contributed by atoms with Crippen molar-refractivity contribution < 1.29 is 29.7 Å². The number of aryl methyl sites for hydroxylation is 1. The molecule has 0 aliphatic heterocycles. The van der Waals surface area contributed by atoms with E-state index >= 15 is 0 Å². The van der Waals surface area contributed by atoms with Gasteiger partial charge in [0.05, 0.1) is 0 Å². The molecule has 0 N–H and O–H groups in total. The van der Waals surface area contributed by atoms with Crippen molar-refractivity contribution in [2.75, 3.05) is 0 Å². The van der Waals surface area contributed by atoms with E-state index in [9.17, 15) is 25.2 Å². The van der Waals surface area contributed by atoms with Gasteiger partial charge in [-0.15, -0.1) is 0 Å². The zero-order valence-electron chi connectivity index (χ0n) is 9.17. The molecule has 0 unspecified atom stereocenters. The van der Waals surface area contributed by atoms with Gasteiger partial charge in [0.1, 0.15) is 6.54 Å². The zero-order chi connectivity index (χ0) is 13.6. The van der Waals surface area contributed by atoms with E-state index in [-0.39, 0.29) is 7.43 Å². The maximum atomic E-state index is 9.87. The first kappa shape index (κ1) is 19.5. The van der Waals surface area contributed by atoms with Gasteiger partial charge in [-0.3, -0.25) is 0 Å². The Kier molecular flexibility index (Phi) is 6.36. The van der Waals surface area contributed by atoms with Gasteiger partial charge < -0.3 is 0 Å². The Morgan fingerprint density at radius 2 is 1.28 bits per heavy atom. The summed E-state index contributed by atoms with van der Waals surface area (Å²) in [6.07, 6.45) is 6.75. The van der Waals surface area contributed by atoms with Gasteiger partial charge in [0.2, 0.25) is 0 Å². The normalized spacial score (nSPS) is 14.4. The van der Waals surface area contributed by atoms with Gasteiger partial charge in [-0.2, -0.15) is 0 Å². The second kappa shape index (κ2) is 5.87. The second-order valence-corrected chi connectivity index (χ2v) is 5.34. The van der Waals surface area contributed by atoms with Crippen LogP contribution in [-0.2, 0) is 6.54 Å². The molecule has 0 aromatic carbocycles. The minimum atomic E-state index is -10.7. The molecule has 18 heavy (non-hydrogen) atoms. The van der Waals surface area contributed by atoms with Crippen LogP contribution in [0.4, 0.5) is 25.2 Å². The van der Waals surface area contributed by atoms with Crippen LogP contribution in [0.25, 0.3) is 0 Å². The molecule has 1 heterocycles. The fourth-order valence-electron chi connectivity index (χ4n) is 0.924. The fourth-order valence-corrected chi connectivity index (χ4v) is 0.924. The van der Waals surface area contributed by atoms with Crippen molar-refractivity contribution in [1.29, 1.82) is 0 Å². The number of rotatable bonds is 3. The van der Waals surface area contributed by atoms with E-state index in [1.165, 1.54) is 12.8 Å². The Morgan fingerprint density at radius 1 is 0.889 bits per heavy atom. The monoisotopic (exact) mass is 297 g/mol. The van der Waals surface area contributed by atoms with Gasteiger partial charge in [0, 0.05) is 18.6 Å². The number of halogens is 6. The van der Waals surface area contributed by atoms with E-state index in [0.717, 1.165) is 6.54 Å². The molecular weight excluding hydrogens is 279 g/mol. The molecule has 0 aliphatic carbocycles. The molecule has 0 fully saturated rings. The molecule has 0 atom stereocenters. The van der Waals surface area contributed by atoms with Crippen LogP contribution in [0.2, 0.25) is 0 Å². The molecule has 0 bridgehead atoms. The molecule has 110 valence electrons. The number of nitrogens with zero attached hydrogens (tertiary/aromatic N) is 1. The first-order valence-electron chi connectivity index (χ1n) is 4.89. The zero-order valence-corrected chi connectivity index (χ0v) is 10.1.